The maximum Gasteiger partial charge on any atom is 0.191 e. The fourth-order valence-electron chi connectivity index (χ4n) is 5.72. The fourth-order valence-corrected chi connectivity index (χ4v) is 8.42. The van der Waals surface area contributed by atoms with Gasteiger partial charge in [0.25, 0.3) is 0 Å². The predicted molar refractivity (Wildman–Crippen MR) is 230 cm³/mol. The second-order valence-corrected chi connectivity index (χ2v) is 16.8. The fraction of sp³-hybridized carbons (Fsp3) is 0.400. The predicted octanol–water partition coefficient (Wildman–Crippen LogP) is 11.3. The van der Waals surface area contributed by atoms with Crippen molar-refractivity contribution in [2.24, 2.45) is 0 Å². The van der Waals surface area contributed by atoms with Crippen molar-refractivity contribution < 1.29 is 23.7 Å². The van der Waals surface area contributed by atoms with E-state index in [2.05, 4.69) is 42.6 Å². The van der Waals surface area contributed by atoms with Crippen molar-refractivity contribution in [1.29, 1.82) is 0 Å². The molecule has 56 heavy (non-hydrogen) atoms. The number of halogens is 4. The normalized spacial score (nSPS) is 13.6. The van der Waals surface area contributed by atoms with Crippen LogP contribution in [0.25, 0.3) is 44.6 Å². The van der Waals surface area contributed by atoms with Gasteiger partial charge in [0.05, 0.1) is 67.1 Å². The number of pyridine rings is 2. The number of benzene rings is 2. The van der Waals surface area contributed by atoms with Gasteiger partial charge in [0.15, 0.2) is 6.29 Å². The van der Waals surface area contributed by atoms with E-state index in [0.29, 0.717) is 66.8 Å². The number of ether oxygens (including phenoxy) is 5. The second kappa shape index (κ2) is 19.7. The van der Waals surface area contributed by atoms with Crippen LogP contribution in [0.5, 0.6) is 11.5 Å². The van der Waals surface area contributed by atoms with Crippen molar-refractivity contribution in [3.8, 4) is 34.3 Å². The van der Waals surface area contributed by atoms with E-state index in [1.165, 1.54) is 0 Å². The maximum absolute atomic E-state index is 6.65. The Morgan fingerprint density at radius 3 is 1.61 bits per heavy atom. The molecule has 6 aromatic rings. The Morgan fingerprint density at radius 2 is 1.16 bits per heavy atom. The van der Waals surface area contributed by atoms with Gasteiger partial charge < -0.3 is 23.7 Å². The largest absolute Gasteiger partial charge is 0.491 e. The topological polar surface area (TPSA) is 101 Å². The van der Waals surface area contributed by atoms with Gasteiger partial charge in [-0.25, -0.2) is 19.9 Å². The summed E-state index contributed by atoms with van der Waals surface area (Å²) in [6.45, 7) is 13.5. The molecule has 10 nitrogen and oxygen atoms in total. The number of aromatic nitrogens is 4. The lowest BCUT2D eigenvalue weighted by Gasteiger charge is -2.26. The first-order chi connectivity index (χ1) is 27.0. The van der Waals surface area contributed by atoms with Gasteiger partial charge in [-0.1, -0.05) is 74.1 Å². The van der Waals surface area contributed by atoms with E-state index >= 15 is 0 Å². The van der Waals surface area contributed by atoms with Crippen LogP contribution in [0.1, 0.15) is 49.5 Å². The molecule has 1 fully saturated rings. The van der Waals surface area contributed by atoms with Gasteiger partial charge >= 0.3 is 0 Å². The van der Waals surface area contributed by atoms with E-state index in [1.807, 2.05) is 41.1 Å². The SMILES string of the molecule is CC(C)c1nc(-c2cc(Cl)c3ccc(OCCN4CCOCC4)c(Cl)c3n2)cs1.COC(COc1ccc2c(Cl)cc(-c3csc(C(C)C)n3)nc2c1Cl)OC. The van der Waals surface area contributed by atoms with Crippen LogP contribution in [-0.2, 0) is 14.2 Å². The molecule has 1 saturated heterocycles. The van der Waals surface area contributed by atoms with Crippen LogP contribution in [0.15, 0.2) is 47.2 Å². The smallest absolute Gasteiger partial charge is 0.191 e. The molecule has 1 aliphatic rings. The summed E-state index contributed by atoms with van der Waals surface area (Å²) in [5, 5.41) is 9.72. The summed E-state index contributed by atoms with van der Waals surface area (Å²) in [7, 11) is 3.10. The summed E-state index contributed by atoms with van der Waals surface area (Å²) in [4.78, 5) is 21.1. The molecule has 16 heteroatoms. The number of nitrogens with zero attached hydrogens (tertiary/aromatic N) is 5. The summed E-state index contributed by atoms with van der Waals surface area (Å²) in [6.07, 6.45) is -0.482. The Hall–Kier alpha value is -2.88. The van der Waals surface area contributed by atoms with Gasteiger partial charge in [-0.3, -0.25) is 4.90 Å². The van der Waals surface area contributed by atoms with E-state index in [1.54, 1.807) is 43.0 Å². The monoisotopic (exact) mass is 877 g/mol. The number of morpholine rings is 1. The van der Waals surface area contributed by atoms with Crippen LogP contribution >= 0.6 is 69.1 Å². The van der Waals surface area contributed by atoms with Gasteiger partial charge in [-0.2, -0.15) is 0 Å². The first-order valence-electron chi connectivity index (χ1n) is 18.1. The Bertz CT molecular complexity index is 2260. The van der Waals surface area contributed by atoms with Crippen molar-refractivity contribution in [2.45, 2.75) is 45.8 Å². The zero-order chi connectivity index (χ0) is 39.9. The van der Waals surface area contributed by atoms with E-state index in [-0.39, 0.29) is 6.61 Å². The zero-order valence-corrected chi connectivity index (χ0v) is 36.6. The Kier molecular flexibility index (Phi) is 15.0. The summed E-state index contributed by atoms with van der Waals surface area (Å²) in [5.41, 5.74) is 4.21. The minimum absolute atomic E-state index is 0.204. The first kappa shape index (κ1) is 42.7. The van der Waals surface area contributed by atoms with Gasteiger partial charge in [-0.05, 0) is 36.4 Å². The molecule has 0 saturated carbocycles. The van der Waals surface area contributed by atoms with E-state index in [4.69, 9.17) is 80.1 Å². The molecule has 5 heterocycles. The van der Waals surface area contributed by atoms with Crippen molar-refractivity contribution in [3.05, 3.63) is 77.3 Å². The van der Waals surface area contributed by atoms with Crippen LogP contribution < -0.4 is 9.47 Å². The van der Waals surface area contributed by atoms with Gasteiger partial charge in [0, 0.05) is 67.2 Å². The lowest BCUT2D eigenvalue weighted by Crippen LogP contribution is -2.38. The lowest BCUT2D eigenvalue weighted by atomic mass is 10.1. The van der Waals surface area contributed by atoms with Crippen molar-refractivity contribution in [2.75, 3.05) is 60.3 Å². The standard InChI is InChI=1S/C21H23Cl2N3O2S.C19H20Cl2N2O3S/c1-13(2)21-25-17(12-29-21)16-11-15(22)14-3-4-18(19(23)20(14)24-16)28-10-7-26-5-8-27-9-6-26;1-10(2)19-23-14(9-27-19)13-7-12(20)11-5-6-15(17(21)18(11)22-13)26-8-16(24-3)25-4/h3-4,11-13H,5-10H2,1-2H3;5-7,9-10,16H,8H2,1-4H3. The average molecular weight is 880 g/mol. The number of thiazole rings is 2. The Morgan fingerprint density at radius 1 is 0.679 bits per heavy atom. The van der Waals surface area contributed by atoms with Crippen molar-refractivity contribution in [3.63, 3.8) is 0 Å². The molecule has 0 bridgehead atoms. The maximum atomic E-state index is 6.65. The lowest BCUT2D eigenvalue weighted by molar-refractivity contribution is -0.121. The zero-order valence-electron chi connectivity index (χ0n) is 31.9. The molecule has 0 spiro atoms. The van der Waals surface area contributed by atoms with E-state index in [0.717, 1.165) is 70.7 Å². The molecule has 0 atom stereocenters. The van der Waals surface area contributed by atoms with Crippen LogP contribution in [0.4, 0.5) is 0 Å². The highest BCUT2D eigenvalue weighted by Crippen LogP contribution is 2.39. The van der Waals surface area contributed by atoms with E-state index < -0.39 is 6.29 Å². The molecule has 2 aromatic carbocycles. The molecule has 1 aliphatic heterocycles. The van der Waals surface area contributed by atoms with Gasteiger partial charge in [0.2, 0.25) is 0 Å². The number of rotatable bonds is 13. The number of hydrogen-bond donors (Lipinski definition) is 0. The summed E-state index contributed by atoms with van der Waals surface area (Å²) in [5.74, 6) is 1.84. The minimum atomic E-state index is -0.482. The number of methoxy groups -OCH3 is 2. The molecular formula is C40H43Cl4N5O5S2. The molecule has 0 N–H and O–H groups in total. The highest BCUT2D eigenvalue weighted by Gasteiger charge is 2.18. The van der Waals surface area contributed by atoms with Crippen LogP contribution in [0.3, 0.4) is 0 Å². The van der Waals surface area contributed by atoms with Gasteiger partial charge in [-0.15, -0.1) is 22.7 Å². The summed E-state index contributed by atoms with van der Waals surface area (Å²) in [6, 6.07) is 11.0. The molecule has 0 radical (unpaired) electrons. The highest BCUT2D eigenvalue weighted by atomic mass is 35.5. The first-order valence-corrected chi connectivity index (χ1v) is 21.3. The van der Waals surface area contributed by atoms with Crippen molar-refractivity contribution >= 4 is 90.9 Å². The number of hydrogen-bond acceptors (Lipinski definition) is 12. The Labute approximate surface area is 355 Å². The third kappa shape index (κ3) is 10.2. The van der Waals surface area contributed by atoms with Crippen LogP contribution in [0, 0.1) is 0 Å². The molecule has 0 aliphatic carbocycles. The number of fused-ring (bicyclic) bond motifs is 2. The van der Waals surface area contributed by atoms with Gasteiger partial charge in [0.1, 0.15) is 34.8 Å². The molecule has 7 rings (SSSR count). The quantitative estimate of drug-likeness (QED) is 0.104. The molecule has 4 aromatic heterocycles. The van der Waals surface area contributed by atoms with E-state index in [9.17, 15) is 0 Å². The second-order valence-electron chi connectivity index (χ2n) is 13.5. The van der Waals surface area contributed by atoms with Crippen LogP contribution in [-0.4, -0.2) is 91.4 Å². The summed E-state index contributed by atoms with van der Waals surface area (Å²) < 4.78 is 27.3. The molecular weight excluding hydrogens is 836 g/mol. The summed E-state index contributed by atoms with van der Waals surface area (Å²) >= 11 is 29.4. The van der Waals surface area contributed by atoms with Crippen LogP contribution in [0.2, 0.25) is 20.1 Å². The average Bonchev–Trinajstić information content (AvgIpc) is 3.90. The molecule has 0 unspecified atom stereocenters. The molecule has 0 amide bonds. The Balaban J connectivity index is 0.000000190. The minimum Gasteiger partial charge on any atom is -0.491 e. The third-order valence-electron chi connectivity index (χ3n) is 8.89. The van der Waals surface area contributed by atoms with Crippen molar-refractivity contribution in [1.82, 2.24) is 24.8 Å². The molecule has 298 valence electrons. The highest BCUT2D eigenvalue weighted by molar-refractivity contribution is 7.10. The third-order valence-corrected chi connectivity index (χ3v) is 12.5.